The Bertz CT molecular complexity index is 1220. The molecule has 0 aliphatic heterocycles. The topological polar surface area (TPSA) is 119 Å². The lowest BCUT2D eigenvalue weighted by molar-refractivity contribution is -0.157. The second kappa shape index (κ2) is 11.6. The van der Waals surface area contributed by atoms with Crippen LogP contribution in [0.4, 0.5) is 5.69 Å². The van der Waals surface area contributed by atoms with Crippen molar-refractivity contribution in [2.24, 2.45) is 0 Å². The van der Waals surface area contributed by atoms with E-state index in [1.807, 2.05) is 13.8 Å². The third kappa shape index (κ3) is 7.12. The molecule has 0 saturated heterocycles. The summed E-state index contributed by atoms with van der Waals surface area (Å²) in [5, 5.41) is 12.3. The number of ether oxygens (including phenoxy) is 2. The fourth-order valence-corrected chi connectivity index (χ4v) is 3.35. The maximum atomic E-state index is 13.1. The quantitative estimate of drug-likeness (QED) is 0.297. The van der Waals surface area contributed by atoms with Gasteiger partial charge in [0.2, 0.25) is 12.2 Å². The van der Waals surface area contributed by atoms with Crippen LogP contribution in [0.25, 0.3) is 0 Å². The van der Waals surface area contributed by atoms with E-state index in [9.17, 15) is 24.3 Å². The van der Waals surface area contributed by atoms with Crippen LogP contribution in [0.3, 0.4) is 0 Å². The molecule has 2 N–H and O–H groups in total. The van der Waals surface area contributed by atoms with E-state index in [2.05, 4.69) is 27.9 Å². The Kier molecular flexibility index (Phi) is 8.58. The first-order valence-corrected chi connectivity index (χ1v) is 11.6. The molecule has 0 unspecified atom stereocenters. The molecule has 0 aromatic heterocycles. The van der Waals surface area contributed by atoms with Gasteiger partial charge in [-0.25, -0.2) is 14.4 Å². The summed E-state index contributed by atoms with van der Waals surface area (Å²) in [7, 11) is 0. The number of rotatable bonds is 8. The van der Waals surface area contributed by atoms with Crippen molar-refractivity contribution in [1.82, 2.24) is 0 Å². The summed E-state index contributed by atoms with van der Waals surface area (Å²) in [4.78, 5) is 50.5. The number of esters is 2. The van der Waals surface area contributed by atoms with Gasteiger partial charge in [0.25, 0.3) is 5.91 Å². The number of hydrogen-bond acceptors (Lipinski definition) is 6. The molecule has 0 radical (unpaired) electrons. The number of carbonyl (C=O) groups is 4. The highest BCUT2D eigenvalue weighted by molar-refractivity contribution is 14.1. The average molecular weight is 587 g/mol. The lowest BCUT2D eigenvalue weighted by Gasteiger charge is -2.23. The lowest BCUT2D eigenvalue weighted by Crippen LogP contribution is -2.48. The molecule has 1 amide bonds. The van der Waals surface area contributed by atoms with Gasteiger partial charge in [-0.15, -0.1) is 0 Å². The van der Waals surface area contributed by atoms with Crippen LogP contribution in [0.1, 0.15) is 31.8 Å². The van der Waals surface area contributed by atoms with E-state index in [-0.39, 0.29) is 11.1 Å². The molecule has 35 heavy (non-hydrogen) atoms. The van der Waals surface area contributed by atoms with Crippen LogP contribution >= 0.6 is 22.6 Å². The standard InChI is InChI=1S/C26H22INO7/c1-15-3-7-17(8-4-15)25(32)34-21(23(29)28-20-13-11-19(27)12-14-20)22(24(30)31)35-26(33)18-9-5-16(2)6-10-18/h3-14,21-22H,1-2H3,(H,28,29)(H,30,31)/t21-,22-/m0/s1. The van der Waals surface area contributed by atoms with Gasteiger partial charge in [-0.1, -0.05) is 35.4 Å². The van der Waals surface area contributed by atoms with E-state index < -0.39 is 36.0 Å². The minimum Gasteiger partial charge on any atom is -0.478 e. The SMILES string of the molecule is Cc1ccc(C(=O)O[C@H](C(=O)O)[C@H](OC(=O)c2ccc(C)cc2)C(=O)Nc2ccc(I)cc2)cc1. The molecule has 0 aliphatic rings. The normalized spacial score (nSPS) is 12.2. The van der Waals surface area contributed by atoms with Crippen LogP contribution in [0, 0.1) is 17.4 Å². The first-order valence-electron chi connectivity index (χ1n) is 10.5. The minimum absolute atomic E-state index is 0.0866. The smallest absolute Gasteiger partial charge is 0.349 e. The van der Waals surface area contributed by atoms with Gasteiger partial charge in [0.15, 0.2) is 0 Å². The predicted molar refractivity (Wildman–Crippen MR) is 136 cm³/mol. The third-order valence-corrected chi connectivity index (χ3v) is 5.65. The van der Waals surface area contributed by atoms with Gasteiger partial charge in [0.1, 0.15) is 0 Å². The number of aliphatic carboxylic acids is 1. The van der Waals surface area contributed by atoms with Gasteiger partial charge in [-0.2, -0.15) is 0 Å². The largest absolute Gasteiger partial charge is 0.478 e. The Balaban J connectivity index is 1.90. The second-order valence-electron chi connectivity index (χ2n) is 7.72. The predicted octanol–water partition coefficient (Wildman–Crippen LogP) is 4.38. The number of anilines is 1. The first kappa shape index (κ1) is 25.9. The fraction of sp³-hybridized carbons (Fsp3) is 0.154. The highest BCUT2D eigenvalue weighted by Gasteiger charge is 2.41. The summed E-state index contributed by atoms with van der Waals surface area (Å²) in [6, 6.07) is 19.2. The number of carboxylic acid groups (broad SMARTS) is 1. The maximum absolute atomic E-state index is 13.1. The average Bonchev–Trinajstić information content (AvgIpc) is 2.83. The van der Waals surface area contributed by atoms with Crippen molar-refractivity contribution in [1.29, 1.82) is 0 Å². The second-order valence-corrected chi connectivity index (χ2v) is 8.96. The van der Waals surface area contributed by atoms with Gasteiger partial charge >= 0.3 is 17.9 Å². The summed E-state index contributed by atoms with van der Waals surface area (Å²) >= 11 is 2.09. The Morgan fingerprint density at radius 1 is 0.714 bits per heavy atom. The highest BCUT2D eigenvalue weighted by atomic mass is 127. The Morgan fingerprint density at radius 2 is 1.14 bits per heavy atom. The van der Waals surface area contributed by atoms with Crippen molar-refractivity contribution in [3.05, 3.63) is 98.6 Å². The minimum atomic E-state index is -2.10. The van der Waals surface area contributed by atoms with Gasteiger partial charge in [-0.05, 0) is 85.0 Å². The molecule has 0 saturated carbocycles. The number of hydrogen-bond donors (Lipinski definition) is 2. The van der Waals surface area contributed by atoms with Gasteiger partial charge in [0, 0.05) is 9.26 Å². The number of halogens is 1. The zero-order valence-electron chi connectivity index (χ0n) is 18.9. The van der Waals surface area contributed by atoms with Crippen molar-refractivity contribution in [2.75, 3.05) is 5.32 Å². The summed E-state index contributed by atoms with van der Waals surface area (Å²) in [5.74, 6) is -4.53. The number of aryl methyl sites for hydroxylation is 2. The number of nitrogens with one attached hydrogen (secondary N) is 1. The van der Waals surface area contributed by atoms with E-state index in [4.69, 9.17) is 9.47 Å². The molecule has 2 atom stereocenters. The summed E-state index contributed by atoms with van der Waals surface area (Å²) < 4.78 is 11.4. The molecule has 180 valence electrons. The highest BCUT2D eigenvalue weighted by Crippen LogP contribution is 2.17. The molecule has 0 spiro atoms. The van der Waals surface area contributed by atoms with Crippen molar-refractivity contribution >= 4 is 52.1 Å². The molecular formula is C26H22INO7. The summed E-state index contributed by atoms with van der Waals surface area (Å²) in [6.07, 6.45) is -4.06. The lowest BCUT2D eigenvalue weighted by atomic mass is 10.1. The van der Waals surface area contributed by atoms with E-state index >= 15 is 0 Å². The number of amides is 1. The fourth-order valence-electron chi connectivity index (χ4n) is 2.99. The third-order valence-electron chi connectivity index (χ3n) is 4.93. The monoisotopic (exact) mass is 587 g/mol. The molecular weight excluding hydrogens is 565 g/mol. The van der Waals surface area contributed by atoms with E-state index in [1.54, 1.807) is 48.5 Å². The molecule has 0 bridgehead atoms. The Morgan fingerprint density at radius 3 is 1.57 bits per heavy atom. The Labute approximate surface area is 215 Å². The van der Waals surface area contributed by atoms with E-state index in [0.29, 0.717) is 5.69 Å². The summed E-state index contributed by atoms with van der Waals surface area (Å²) in [6.45, 7) is 3.65. The molecule has 3 aromatic carbocycles. The van der Waals surface area contributed by atoms with Crippen LogP contribution in [0.2, 0.25) is 0 Å². The van der Waals surface area contributed by atoms with Crippen LogP contribution < -0.4 is 5.32 Å². The van der Waals surface area contributed by atoms with Gasteiger partial charge in [-0.3, -0.25) is 4.79 Å². The Hall–Kier alpha value is -3.73. The van der Waals surface area contributed by atoms with Crippen molar-refractivity contribution in [3.8, 4) is 0 Å². The van der Waals surface area contributed by atoms with Crippen molar-refractivity contribution < 1.29 is 33.8 Å². The molecule has 9 heteroatoms. The molecule has 3 aromatic rings. The zero-order valence-corrected chi connectivity index (χ0v) is 21.0. The molecule has 0 aliphatic carbocycles. The van der Waals surface area contributed by atoms with Crippen molar-refractivity contribution in [2.45, 2.75) is 26.1 Å². The molecule has 3 rings (SSSR count). The number of carbonyl (C=O) groups excluding carboxylic acids is 3. The van der Waals surface area contributed by atoms with Crippen molar-refractivity contribution in [3.63, 3.8) is 0 Å². The molecule has 0 fully saturated rings. The first-order chi connectivity index (χ1) is 16.6. The summed E-state index contributed by atoms with van der Waals surface area (Å²) in [5.41, 5.74) is 2.32. The van der Waals surface area contributed by atoms with E-state index in [0.717, 1.165) is 14.7 Å². The molecule has 8 nitrogen and oxygen atoms in total. The van der Waals surface area contributed by atoms with Crippen LogP contribution in [-0.4, -0.2) is 41.1 Å². The maximum Gasteiger partial charge on any atom is 0.349 e. The zero-order chi connectivity index (χ0) is 25.5. The van der Waals surface area contributed by atoms with Gasteiger partial charge < -0.3 is 19.9 Å². The van der Waals surface area contributed by atoms with Crippen LogP contribution in [-0.2, 0) is 19.1 Å². The van der Waals surface area contributed by atoms with Crippen LogP contribution in [0.15, 0.2) is 72.8 Å². The van der Waals surface area contributed by atoms with Crippen LogP contribution in [0.5, 0.6) is 0 Å². The molecule has 0 heterocycles. The number of carboxylic acids is 1. The van der Waals surface area contributed by atoms with E-state index in [1.165, 1.54) is 24.3 Å². The number of benzene rings is 3. The van der Waals surface area contributed by atoms with Gasteiger partial charge in [0.05, 0.1) is 11.1 Å².